The van der Waals surface area contributed by atoms with Crippen LogP contribution in [0.4, 0.5) is 0 Å². The largest absolute Gasteiger partial charge is 0.330 e. The van der Waals surface area contributed by atoms with Gasteiger partial charge in [-0.1, -0.05) is 12.1 Å². The van der Waals surface area contributed by atoms with Gasteiger partial charge in [-0.05, 0) is 31.9 Å². The van der Waals surface area contributed by atoms with Gasteiger partial charge in [-0.25, -0.2) is 13.4 Å². The number of rotatable bonds is 4. The molecule has 1 saturated heterocycles. The van der Waals surface area contributed by atoms with E-state index in [4.69, 9.17) is 4.98 Å². The molecule has 3 aromatic rings. The summed E-state index contributed by atoms with van der Waals surface area (Å²) in [5.74, 6) is 0.796. The molecule has 0 unspecified atom stereocenters. The van der Waals surface area contributed by atoms with Crippen LogP contribution in [0.3, 0.4) is 0 Å². The van der Waals surface area contributed by atoms with Crippen molar-refractivity contribution in [3.63, 3.8) is 0 Å². The lowest BCUT2D eigenvalue weighted by Crippen LogP contribution is -2.31. The molecule has 0 N–H and O–H groups in total. The number of aromatic nitrogens is 4. The molecule has 0 amide bonds. The van der Waals surface area contributed by atoms with E-state index in [0.29, 0.717) is 13.1 Å². The fraction of sp³-hybridized carbons (Fsp3) is 0.412. The molecule has 0 spiro atoms. The first-order valence-corrected chi connectivity index (χ1v) is 9.92. The number of sulfonamides is 1. The quantitative estimate of drug-likeness (QED) is 0.717. The predicted molar refractivity (Wildman–Crippen MR) is 94.5 cm³/mol. The van der Waals surface area contributed by atoms with E-state index >= 15 is 0 Å². The van der Waals surface area contributed by atoms with E-state index in [1.807, 2.05) is 42.8 Å². The van der Waals surface area contributed by atoms with Crippen LogP contribution in [0.5, 0.6) is 0 Å². The fourth-order valence-electron chi connectivity index (χ4n) is 3.53. The standard InChI is InChI=1S/C17H21N5O2S/c1-3-21-12-13(11-18-21)25(23,24)22-10-6-9-16(22)17-19-14-7-4-5-8-15(14)20(17)2/h4-5,7-8,11-12,16H,3,6,9-10H2,1-2H3/t16-/m0/s1. The zero-order chi connectivity index (χ0) is 17.6. The van der Waals surface area contributed by atoms with Crippen molar-refractivity contribution >= 4 is 21.1 Å². The Balaban J connectivity index is 1.76. The molecule has 2 aromatic heterocycles. The summed E-state index contributed by atoms with van der Waals surface area (Å²) in [4.78, 5) is 4.96. The SMILES string of the molecule is CCn1cc(S(=O)(=O)N2CCC[C@H]2c2nc3ccccc3n2C)cn1. The number of benzene rings is 1. The molecule has 1 atom stereocenters. The van der Waals surface area contributed by atoms with Crippen LogP contribution in [-0.2, 0) is 23.6 Å². The van der Waals surface area contributed by atoms with Crippen LogP contribution >= 0.6 is 0 Å². The molecule has 8 heteroatoms. The number of para-hydroxylation sites is 2. The molecule has 0 bridgehead atoms. The third-order valence-corrected chi connectivity index (χ3v) is 6.72. The Morgan fingerprint density at radius 1 is 1.28 bits per heavy atom. The number of imidazole rings is 1. The first kappa shape index (κ1) is 16.3. The van der Waals surface area contributed by atoms with E-state index in [9.17, 15) is 8.42 Å². The van der Waals surface area contributed by atoms with E-state index in [-0.39, 0.29) is 10.9 Å². The summed E-state index contributed by atoms with van der Waals surface area (Å²) in [6.45, 7) is 3.08. The Morgan fingerprint density at radius 3 is 2.80 bits per heavy atom. The van der Waals surface area contributed by atoms with Crippen molar-refractivity contribution in [1.29, 1.82) is 0 Å². The number of fused-ring (bicyclic) bond motifs is 1. The Morgan fingerprint density at radius 2 is 2.08 bits per heavy atom. The lowest BCUT2D eigenvalue weighted by Gasteiger charge is -2.23. The number of hydrogen-bond donors (Lipinski definition) is 0. The lowest BCUT2D eigenvalue weighted by atomic mass is 10.2. The zero-order valence-electron chi connectivity index (χ0n) is 14.3. The minimum Gasteiger partial charge on any atom is -0.330 e. The summed E-state index contributed by atoms with van der Waals surface area (Å²) < 4.78 is 31.4. The Bertz CT molecular complexity index is 1020. The monoisotopic (exact) mass is 359 g/mol. The van der Waals surface area contributed by atoms with Gasteiger partial charge in [0.05, 0.1) is 23.3 Å². The maximum atomic E-state index is 13.1. The van der Waals surface area contributed by atoms with Gasteiger partial charge in [0.25, 0.3) is 0 Å². The molecule has 7 nitrogen and oxygen atoms in total. The van der Waals surface area contributed by atoms with Crippen LogP contribution in [0.2, 0.25) is 0 Å². The van der Waals surface area contributed by atoms with Crippen molar-refractivity contribution in [1.82, 2.24) is 23.6 Å². The van der Waals surface area contributed by atoms with Crippen LogP contribution in [0.25, 0.3) is 11.0 Å². The maximum Gasteiger partial charge on any atom is 0.246 e. The van der Waals surface area contributed by atoms with Gasteiger partial charge < -0.3 is 4.57 Å². The summed E-state index contributed by atoms with van der Waals surface area (Å²) in [6, 6.07) is 7.63. The Labute approximate surface area is 146 Å². The van der Waals surface area contributed by atoms with E-state index in [1.54, 1.807) is 15.2 Å². The minimum absolute atomic E-state index is 0.243. The highest BCUT2D eigenvalue weighted by molar-refractivity contribution is 7.89. The molecule has 1 aromatic carbocycles. The van der Waals surface area contributed by atoms with Gasteiger partial charge in [0, 0.05) is 26.3 Å². The first-order chi connectivity index (χ1) is 12.0. The summed E-state index contributed by atoms with van der Waals surface area (Å²) in [7, 11) is -1.64. The molecule has 4 rings (SSSR count). The van der Waals surface area contributed by atoms with E-state index < -0.39 is 10.0 Å². The average molecular weight is 359 g/mol. The molecule has 1 aliphatic rings. The highest BCUT2D eigenvalue weighted by atomic mass is 32.2. The molecular formula is C17H21N5O2S. The zero-order valence-corrected chi connectivity index (χ0v) is 15.1. The van der Waals surface area contributed by atoms with Crippen LogP contribution in [0, 0.1) is 0 Å². The minimum atomic E-state index is -3.58. The van der Waals surface area contributed by atoms with Crippen molar-refractivity contribution in [3.8, 4) is 0 Å². The van der Waals surface area contributed by atoms with Crippen LogP contribution in [0.1, 0.15) is 31.6 Å². The average Bonchev–Trinajstić information content (AvgIpc) is 3.33. The molecule has 1 aliphatic heterocycles. The Kier molecular flexibility index (Phi) is 3.88. The van der Waals surface area contributed by atoms with Gasteiger partial charge in [-0.15, -0.1) is 0 Å². The van der Waals surface area contributed by atoms with Gasteiger partial charge in [0.2, 0.25) is 10.0 Å². The van der Waals surface area contributed by atoms with Crippen molar-refractivity contribution in [2.75, 3.05) is 6.54 Å². The summed E-state index contributed by atoms with van der Waals surface area (Å²) in [6.07, 6.45) is 4.64. The molecule has 0 aliphatic carbocycles. The van der Waals surface area contributed by atoms with Crippen molar-refractivity contribution in [2.24, 2.45) is 7.05 Å². The molecule has 3 heterocycles. The molecule has 132 valence electrons. The third kappa shape index (κ3) is 2.56. The van der Waals surface area contributed by atoms with Gasteiger partial charge in [-0.3, -0.25) is 4.68 Å². The normalized spacial score (nSPS) is 19.0. The van der Waals surface area contributed by atoms with Crippen LogP contribution in [0.15, 0.2) is 41.6 Å². The van der Waals surface area contributed by atoms with Crippen molar-refractivity contribution < 1.29 is 8.42 Å². The summed E-state index contributed by atoms with van der Waals surface area (Å²) in [5.41, 5.74) is 1.91. The molecule has 0 saturated carbocycles. The second-order valence-electron chi connectivity index (χ2n) is 6.32. The van der Waals surface area contributed by atoms with Gasteiger partial charge >= 0.3 is 0 Å². The smallest absolute Gasteiger partial charge is 0.246 e. The summed E-state index contributed by atoms with van der Waals surface area (Å²) in [5, 5.41) is 4.11. The second kappa shape index (κ2) is 5.96. The van der Waals surface area contributed by atoms with Gasteiger partial charge in [0.1, 0.15) is 10.7 Å². The second-order valence-corrected chi connectivity index (χ2v) is 8.21. The topological polar surface area (TPSA) is 73.0 Å². The molecule has 1 fully saturated rings. The maximum absolute atomic E-state index is 13.1. The Hall–Kier alpha value is -2.19. The lowest BCUT2D eigenvalue weighted by molar-refractivity contribution is 0.378. The van der Waals surface area contributed by atoms with Crippen molar-refractivity contribution in [2.45, 2.75) is 37.2 Å². The summed E-state index contributed by atoms with van der Waals surface area (Å²) >= 11 is 0. The number of nitrogens with zero attached hydrogens (tertiary/aromatic N) is 5. The van der Waals surface area contributed by atoms with E-state index in [1.165, 1.54) is 6.20 Å². The molecule has 25 heavy (non-hydrogen) atoms. The van der Waals surface area contributed by atoms with E-state index in [0.717, 1.165) is 29.7 Å². The van der Waals surface area contributed by atoms with E-state index in [2.05, 4.69) is 5.10 Å². The van der Waals surface area contributed by atoms with Crippen LogP contribution in [-0.4, -0.2) is 38.6 Å². The van der Waals surface area contributed by atoms with Crippen LogP contribution < -0.4 is 0 Å². The number of hydrogen-bond acceptors (Lipinski definition) is 4. The molecule has 0 radical (unpaired) electrons. The van der Waals surface area contributed by atoms with Gasteiger partial charge in [-0.2, -0.15) is 9.40 Å². The van der Waals surface area contributed by atoms with Crippen molar-refractivity contribution in [3.05, 3.63) is 42.5 Å². The van der Waals surface area contributed by atoms with Gasteiger partial charge in [0.15, 0.2) is 0 Å². The number of aryl methyl sites for hydroxylation is 2. The highest BCUT2D eigenvalue weighted by Gasteiger charge is 2.39. The third-order valence-electron chi connectivity index (χ3n) is 4.86. The fourth-order valence-corrected chi connectivity index (χ4v) is 5.14. The molecular weight excluding hydrogens is 338 g/mol. The first-order valence-electron chi connectivity index (χ1n) is 8.48. The highest BCUT2D eigenvalue weighted by Crippen LogP contribution is 2.36. The predicted octanol–water partition coefficient (Wildman–Crippen LogP) is 2.32.